The molecule has 1 aromatic carbocycles. The first-order valence-corrected chi connectivity index (χ1v) is 4.87. The smallest absolute Gasteiger partial charge is 0.0105 e. The lowest BCUT2D eigenvalue weighted by Gasteiger charge is -2.39. The minimum absolute atomic E-state index is 0.743. The first-order valence-electron chi connectivity index (χ1n) is 4.87. The van der Waals surface area contributed by atoms with Crippen LogP contribution < -0.4 is 5.73 Å². The monoisotopic (exact) mass is 176 g/mol. The molecule has 1 aliphatic rings. The molecule has 1 heterocycles. The predicted molar refractivity (Wildman–Crippen MR) is 54.7 cm³/mol. The highest BCUT2D eigenvalue weighted by Gasteiger charge is 2.26. The van der Waals surface area contributed by atoms with E-state index in [1.807, 2.05) is 0 Å². The van der Waals surface area contributed by atoms with Crippen LogP contribution in [0.15, 0.2) is 30.3 Å². The second kappa shape index (κ2) is 3.90. The molecule has 1 aromatic rings. The average Bonchev–Trinajstić information content (AvgIpc) is 2.12. The van der Waals surface area contributed by atoms with Crippen molar-refractivity contribution in [1.29, 1.82) is 0 Å². The van der Waals surface area contributed by atoms with Gasteiger partial charge in [-0.15, -0.1) is 0 Å². The number of likely N-dealkylation sites (tertiary alicyclic amines) is 1. The molecule has 0 aromatic heterocycles. The number of hydrogen-bond donors (Lipinski definition) is 1. The summed E-state index contributed by atoms with van der Waals surface area (Å²) in [7, 11) is 0. The molecule has 0 atom stereocenters. The summed E-state index contributed by atoms with van der Waals surface area (Å²) in [5.74, 6) is 0.743. The summed E-state index contributed by atoms with van der Waals surface area (Å²) < 4.78 is 0. The van der Waals surface area contributed by atoms with Crippen molar-refractivity contribution in [3.8, 4) is 0 Å². The quantitative estimate of drug-likeness (QED) is 0.745. The molecule has 70 valence electrons. The fraction of sp³-hybridized carbons (Fsp3) is 0.455. The molecule has 13 heavy (non-hydrogen) atoms. The highest BCUT2D eigenvalue weighted by Crippen LogP contribution is 2.25. The Labute approximate surface area is 79.4 Å². The van der Waals surface area contributed by atoms with E-state index in [0.717, 1.165) is 19.0 Å². The molecule has 1 fully saturated rings. The molecular formula is C11H16N2. The second-order valence-corrected chi connectivity index (χ2v) is 3.66. The average molecular weight is 176 g/mol. The molecular weight excluding hydrogens is 160 g/mol. The van der Waals surface area contributed by atoms with Crippen molar-refractivity contribution in [3.63, 3.8) is 0 Å². The summed E-state index contributed by atoms with van der Waals surface area (Å²) in [5.41, 5.74) is 6.95. The van der Waals surface area contributed by atoms with Crippen molar-refractivity contribution in [2.24, 2.45) is 5.73 Å². The van der Waals surface area contributed by atoms with E-state index in [1.165, 1.54) is 18.7 Å². The third kappa shape index (κ3) is 1.90. The van der Waals surface area contributed by atoms with Crippen LogP contribution in [0.5, 0.6) is 0 Å². The first-order chi connectivity index (χ1) is 6.40. The lowest BCUT2D eigenvalue weighted by molar-refractivity contribution is 0.153. The van der Waals surface area contributed by atoms with Crippen LogP contribution in [0.3, 0.4) is 0 Å². The first kappa shape index (κ1) is 8.73. The molecule has 1 saturated heterocycles. The van der Waals surface area contributed by atoms with Gasteiger partial charge in [0, 0.05) is 32.1 Å². The van der Waals surface area contributed by atoms with E-state index < -0.39 is 0 Å². The van der Waals surface area contributed by atoms with Crippen LogP contribution in [0, 0.1) is 0 Å². The molecule has 2 heteroatoms. The molecule has 0 radical (unpaired) electrons. The number of nitrogens with two attached hydrogens (primary N) is 1. The van der Waals surface area contributed by atoms with Crippen LogP contribution in [0.1, 0.15) is 11.5 Å². The zero-order chi connectivity index (χ0) is 9.10. The van der Waals surface area contributed by atoms with E-state index in [9.17, 15) is 0 Å². The second-order valence-electron chi connectivity index (χ2n) is 3.66. The maximum absolute atomic E-state index is 5.48. The molecule has 1 aliphatic heterocycles. The fourth-order valence-corrected chi connectivity index (χ4v) is 1.87. The Morgan fingerprint density at radius 3 is 2.54 bits per heavy atom. The Morgan fingerprint density at radius 2 is 1.92 bits per heavy atom. The fourth-order valence-electron chi connectivity index (χ4n) is 1.87. The van der Waals surface area contributed by atoms with Gasteiger partial charge in [-0.05, 0) is 5.56 Å². The Kier molecular flexibility index (Phi) is 2.62. The van der Waals surface area contributed by atoms with Crippen LogP contribution in [0.4, 0.5) is 0 Å². The van der Waals surface area contributed by atoms with E-state index in [1.54, 1.807) is 0 Å². The Morgan fingerprint density at radius 1 is 1.23 bits per heavy atom. The Balaban J connectivity index is 1.87. The molecule has 0 bridgehead atoms. The van der Waals surface area contributed by atoms with Crippen LogP contribution in [0.25, 0.3) is 0 Å². The van der Waals surface area contributed by atoms with Gasteiger partial charge in [-0.1, -0.05) is 30.3 Å². The number of nitrogens with zero attached hydrogens (tertiary/aromatic N) is 1. The maximum Gasteiger partial charge on any atom is 0.0105 e. The largest absolute Gasteiger partial charge is 0.329 e. The maximum atomic E-state index is 5.48. The number of rotatable bonds is 3. The Hall–Kier alpha value is -0.860. The van der Waals surface area contributed by atoms with Crippen molar-refractivity contribution in [2.45, 2.75) is 5.92 Å². The van der Waals surface area contributed by atoms with Crippen molar-refractivity contribution in [3.05, 3.63) is 35.9 Å². The number of hydrogen-bond acceptors (Lipinski definition) is 2. The lowest BCUT2D eigenvalue weighted by Crippen LogP contribution is -2.46. The molecule has 2 nitrogen and oxygen atoms in total. The molecule has 0 saturated carbocycles. The predicted octanol–water partition coefficient (Wildman–Crippen LogP) is 1.04. The summed E-state index contributed by atoms with van der Waals surface area (Å²) in [6.45, 7) is 4.19. The highest BCUT2D eigenvalue weighted by atomic mass is 15.2. The molecule has 0 spiro atoms. The SMILES string of the molecule is NCCN1CC(c2ccccc2)C1. The topological polar surface area (TPSA) is 29.3 Å². The Bertz CT molecular complexity index is 252. The van der Waals surface area contributed by atoms with E-state index in [0.29, 0.717) is 0 Å². The van der Waals surface area contributed by atoms with E-state index in [-0.39, 0.29) is 0 Å². The van der Waals surface area contributed by atoms with Gasteiger partial charge >= 0.3 is 0 Å². The van der Waals surface area contributed by atoms with Crippen LogP contribution in [-0.2, 0) is 0 Å². The standard InChI is InChI=1S/C11H16N2/c12-6-7-13-8-11(9-13)10-4-2-1-3-5-10/h1-5,11H,6-9,12H2. The molecule has 0 aliphatic carbocycles. The minimum atomic E-state index is 0.743. The third-order valence-electron chi connectivity index (χ3n) is 2.67. The summed E-state index contributed by atoms with van der Waals surface area (Å²) in [6.07, 6.45) is 0. The van der Waals surface area contributed by atoms with Crippen LogP contribution in [-0.4, -0.2) is 31.1 Å². The summed E-state index contributed by atoms with van der Waals surface area (Å²) >= 11 is 0. The highest BCUT2D eigenvalue weighted by molar-refractivity contribution is 5.22. The van der Waals surface area contributed by atoms with Crippen LogP contribution in [0.2, 0.25) is 0 Å². The van der Waals surface area contributed by atoms with Crippen LogP contribution >= 0.6 is 0 Å². The van der Waals surface area contributed by atoms with Gasteiger partial charge in [-0.3, -0.25) is 0 Å². The number of benzene rings is 1. The van der Waals surface area contributed by atoms with E-state index in [4.69, 9.17) is 5.73 Å². The van der Waals surface area contributed by atoms with Gasteiger partial charge in [0.1, 0.15) is 0 Å². The molecule has 0 amide bonds. The van der Waals surface area contributed by atoms with Gasteiger partial charge in [0.15, 0.2) is 0 Å². The normalized spacial score (nSPS) is 18.5. The van der Waals surface area contributed by atoms with E-state index in [2.05, 4.69) is 35.2 Å². The summed E-state index contributed by atoms with van der Waals surface area (Å²) in [6, 6.07) is 10.7. The van der Waals surface area contributed by atoms with Gasteiger partial charge in [-0.2, -0.15) is 0 Å². The third-order valence-corrected chi connectivity index (χ3v) is 2.67. The van der Waals surface area contributed by atoms with Gasteiger partial charge in [0.2, 0.25) is 0 Å². The zero-order valence-corrected chi connectivity index (χ0v) is 7.82. The molecule has 2 N–H and O–H groups in total. The zero-order valence-electron chi connectivity index (χ0n) is 7.82. The van der Waals surface area contributed by atoms with Gasteiger partial charge < -0.3 is 10.6 Å². The molecule has 2 rings (SSSR count). The van der Waals surface area contributed by atoms with Gasteiger partial charge in [-0.25, -0.2) is 0 Å². The summed E-state index contributed by atoms with van der Waals surface area (Å²) in [4.78, 5) is 2.40. The van der Waals surface area contributed by atoms with Gasteiger partial charge in [0.05, 0.1) is 0 Å². The minimum Gasteiger partial charge on any atom is -0.329 e. The van der Waals surface area contributed by atoms with Crippen molar-refractivity contribution in [2.75, 3.05) is 26.2 Å². The van der Waals surface area contributed by atoms with Crippen molar-refractivity contribution < 1.29 is 0 Å². The van der Waals surface area contributed by atoms with Gasteiger partial charge in [0.25, 0.3) is 0 Å². The van der Waals surface area contributed by atoms with E-state index >= 15 is 0 Å². The lowest BCUT2D eigenvalue weighted by atomic mass is 9.92. The van der Waals surface area contributed by atoms with Crippen molar-refractivity contribution in [1.82, 2.24) is 4.90 Å². The summed E-state index contributed by atoms with van der Waals surface area (Å²) in [5, 5.41) is 0. The van der Waals surface area contributed by atoms with Crippen molar-refractivity contribution >= 4 is 0 Å². The molecule has 0 unspecified atom stereocenters.